The number of aryl methyl sites for hydroxylation is 2. The minimum Gasteiger partial charge on any atom is -0.467 e. The second kappa shape index (κ2) is 7.89. The number of nitrogens with one attached hydrogen (secondary N) is 1. The number of furan rings is 1. The molecule has 1 amide bonds. The van der Waals surface area contributed by atoms with Gasteiger partial charge in [0.15, 0.2) is 0 Å². The van der Waals surface area contributed by atoms with E-state index in [4.69, 9.17) is 9.40 Å². The zero-order chi connectivity index (χ0) is 19.7. The molecule has 0 saturated carbocycles. The first kappa shape index (κ1) is 18.9. The second-order valence-electron chi connectivity index (χ2n) is 7.22. The molecule has 1 N–H and O–H groups in total. The molecule has 1 aliphatic rings. The highest BCUT2D eigenvalue weighted by Crippen LogP contribution is 2.26. The van der Waals surface area contributed by atoms with Crippen LogP contribution in [-0.4, -0.2) is 33.4 Å². The molecule has 1 fully saturated rings. The lowest BCUT2D eigenvalue weighted by atomic mass is 10.2. The van der Waals surface area contributed by atoms with Gasteiger partial charge in [-0.1, -0.05) is 0 Å². The van der Waals surface area contributed by atoms with Gasteiger partial charge < -0.3 is 9.73 Å². The van der Waals surface area contributed by atoms with Gasteiger partial charge in [0.2, 0.25) is 5.91 Å². The van der Waals surface area contributed by atoms with Crippen molar-refractivity contribution in [1.29, 1.82) is 0 Å². The SMILES string of the molecule is Cc1sc2nc(CN3CCCC3)n(CC(=O)NCc3ccco3)c(=O)c2c1C. The van der Waals surface area contributed by atoms with Crippen molar-refractivity contribution in [2.24, 2.45) is 0 Å². The highest BCUT2D eigenvalue weighted by atomic mass is 32.1. The smallest absolute Gasteiger partial charge is 0.263 e. The molecule has 0 bridgehead atoms. The molecule has 0 aliphatic carbocycles. The Morgan fingerprint density at radius 3 is 2.82 bits per heavy atom. The summed E-state index contributed by atoms with van der Waals surface area (Å²) < 4.78 is 6.78. The van der Waals surface area contributed by atoms with Crippen molar-refractivity contribution in [3.05, 3.63) is 50.8 Å². The molecule has 0 aromatic carbocycles. The van der Waals surface area contributed by atoms with Crippen LogP contribution in [-0.2, 0) is 24.4 Å². The van der Waals surface area contributed by atoms with E-state index in [1.54, 1.807) is 29.7 Å². The minimum atomic E-state index is -0.230. The van der Waals surface area contributed by atoms with Crippen LogP contribution >= 0.6 is 11.3 Å². The highest BCUT2D eigenvalue weighted by molar-refractivity contribution is 7.18. The van der Waals surface area contributed by atoms with Crippen molar-refractivity contribution in [2.45, 2.75) is 46.3 Å². The third kappa shape index (κ3) is 3.74. The van der Waals surface area contributed by atoms with E-state index >= 15 is 0 Å². The zero-order valence-corrected chi connectivity index (χ0v) is 17.0. The normalized spacial score (nSPS) is 14.8. The van der Waals surface area contributed by atoms with Gasteiger partial charge in [-0.15, -0.1) is 11.3 Å². The van der Waals surface area contributed by atoms with Crippen molar-refractivity contribution in [2.75, 3.05) is 13.1 Å². The quantitative estimate of drug-likeness (QED) is 0.688. The Bertz CT molecular complexity index is 1050. The number of carbonyl (C=O) groups excluding carboxylic acids is 1. The summed E-state index contributed by atoms with van der Waals surface area (Å²) in [5.74, 6) is 1.11. The van der Waals surface area contributed by atoms with E-state index in [1.807, 2.05) is 13.8 Å². The van der Waals surface area contributed by atoms with Crippen LogP contribution < -0.4 is 10.9 Å². The maximum absolute atomic E-state index is 13.2. The fraction of sp³-hybridized carbons (Fsp3) is 0.450. The van der Waals surface area contributed by atoms with Gasteiger partial charge in [0, 0.05) is 4.88 Å². The molecule has 0 radical (unpaired) electrons. The lowest BCUT2D eigenvalue weighted by molar-refractivity contribution is -0.122. The molecule has 1 saturated heterocycles. The van der Waals surface area contributed by atoms with Crippen LogP contribution in [0.25, 0.3) is 10.2 Å². The topological polar surface area (TPSA) is 80.4 Å². The van der Waals surface area contributed by atoms with Gasteiger partial charge in [-0.2, -0.15) is 0 Å². The number of aromatic nitrogens is 2. The molecule has 28 heavy (non-hydrogen) atoms. The number of fused-ring (bicyclic) bond motifs is 1. The standard InChI is InChI=1S/C20H24N4O3S/c1-13-14(2)28-19-18(13)20(26)24(16(22-19)11-23-7-3-4-8-23)12-17(25)21-10-15-6-5-9-27-15/h5-6,9H,3-4,7-8,10-12H2,1-2H3,(H,21,25). The monoisotopic (exact) mass is 400 g/mol. The average Bonchev–Trinajstić information content (AvgIpc) is 3.40. The zero-order valence-electron chi connectivity index (χ0n) is 16.2. The molecule has 0 unspecified atom stereocenters. The van der Waals surface area contributed by atoms with Gasteiger partial charge in [0.1, 0.15) is 23.0 Å². The van der Waals surface area contributed by atoms with E-state index in [-0.39, 0.29) is 18.0 Å². The third-order valence-electron chi connectivity index (χ3n) is 5.27. The molecule has 8 heteroatoms. The molecule has 4 rings (SSSR count). The summed E-state index contributed by atoms with van der Waals surface area (Å²) in [7, 11) is 0. The highest BCUT2D eigenvalue weighted by Gasteiger charge is 2.21. The fourth-order valence-electron chi connectivity index (χ4n) is 3.59. The minimum absolute atomic E-state index is 0.0417. The van der Waals surface area contributed by atoms with Crippen LogP contribution in [0.4, 0.5) is 0 Å². The summed E-state index contributed by atoms with van der Waals surface area (Å²) in [6.07, 6.45) is 3.89. The van der Waals surface area contributed by atoms with Gasteiger partial charge in [0.05, 0.1) is 24.7 Å². The van der Waals surface area contributed by atoms with Crippen LogP contribution in [0.1, 0.15) is 34.9 Å². The van der Waals surface area contributed by atoms with Crippen LogP contribution in [0.2, 0.25) is 0 Å². The Balaban J connectivity index is 1.65. The van der Waals surface area contributed by atoms with Crippen molar-refractivity contribution >= 4 is 27.5 Å². The summed E-state index contributed by atoms with van der Waals surface area (Å²) in [5.41, 5.74) is 0.823. The summed E-state index contributed by atoms with van der Waals surface area (Å²) in [5, 5.41) is 3.45. The average molecular weight is 401 g/mol. The van der Waals surface area contributed by atoms with Gasteiger partial charge in [0.25, 0.3) is 5.56 Å². The van der Waals surface area contributed by atoms with Gasteiger partial charge in [-0.05, 0) is 57.5 Å². The van der Waals surface area contributed by atoms with Gasteiger partial charge in [-0.3, -0.25) is 19.1 Å². The van der Waals surface area contributed by atoms with Crippen LogP contribution in [0.5, 0.6) is 0 Å². The van der Waals surface area contributed by atoms with E-state index in [0.29, 0.717) is 30.1 Å². The van der Waals surface area contributed by atoms with E-state index in [2.05, 4.69) is 10.2 Å². The number of thiophene rings is 1. The van der Waals surface area contributed by atoms with E-state index in [0.717, 1.165) is 41.2 Å². The van der Waals surface area contributed by atoms with Crippen molar-refractivity contribution in [3.63, 3.8) is 0 Å². The predicted molar refractivity (Wildman–Crippen MR) is 108 cm³/mol. The lowest BCUT2D eigenvalue weighted by Crippen LogP contribution is -2.36. The Morgan fingerprint density at radius 2 is 2.11 bits per heavy atom. The summed E-state index contributed by atoms with van der Waals surface area (Å²) >= 11 is 1.55. The van der Waals surface area contributed by atoms with Crippen LogP contribution in [0.15, 0.2) is 27.6 Å². The first-order valence-electron chi connectivity index (χ1n) is 9.54. The Labute approximate surface area is 167 Å². The summed E-state index contributed by atoms with van der Waals surface area (Å²) in [4.78, 5) is 34.7. The first-order chi connectivity index (χ1) is 13.5. The van der Waals surface area contributed by atoms with Gasteiger partial charge in [-0.25, -0.2) is 4.98 Å². The molecule has 0 spiro atoms. The first-order valence-corrected chi connectivity index (χ1v) is 10.4. The number of hydrogen-bond acceptors (Lipinski definition) is 6. The largest absolute Gasteiger partial charge is 0.467 e. The number of carbonyl (C=O) groups is 1. The molecule has 0 atom stereocenters. The number of rotatable bonds is 6. The molecule has 3 aromatic heterocycles. The van der Waals surface area contributed by atoms with E-state index in [9.17, 15) is 9.59 Å². The fourth-order valence-corrected chi connectivity index (χ4v) is 4.63. The molecule has 4 heterocycles. The maximum atomic E-state index is 13.2. The summed E-state index contributed by atoms with van der Waals surface area (Å²) in [6, 6.07) is 3.58. The van der Waals surface area contributed by atoms with Gasteiger partial charge >= 0.3 is 0 Å². The molecule has 1 aliphatic heterocycles. The third-order valence-corrected chi connectivity index (χ3v) is 6.37. The van der Waals surface area contributed by atoms with Crippen molar-refractivity contribution in [1.82, 2.24) is 19.8 Å². The maximum Gasteiger partial charge on any atom is 0.263 e. The molecular weight excluding hydrogens is 376 g/mol. The van der Waals surface area contributed by atoms with Crippen LogP contribution in [0.3, 0.4) is 0 Å². The summed E-state index contributed by atoms with van der Waals surface area (Å²) in [6.45, 7) is 6.80. The number of nitrogens with zero attached hydrogens (tertiary/aromatic N) is 3. The van der Waals surface area contributed by atoms with Crippen molar-refractivity contribution < 1.29 is 9.21 Å². The van der Waals surface area contributed by atoms with E-state index < -0.39 is 0 Å². The molecule has 3 aromatic rings. The predicted octanol–water partition coefficient (Wildman–Crippen LogP) is 2.58. The molecular formula is C20H24N4O3S. The lowest BCUT2D eigenvalue weighted by Gasteiger charge is -2.18. The van der Waals surface area contributed by atoms with Crippen LogP contribution in [0, 0.1) is 13.8 Å². The molecule has 7 nitrogen and oxygen atoms in total. The molecule has 148 valence electrons. The number of likely N-dealkylation sites (tertiary alicyclic amines) is 1. The Kier molecular flexibility index (Phi) is 5.32. The van der Waals surface area contributed by atoms with E-state index in [1.165, 1.54) is 4.57 Å². The Hall–Kier alpha value is -2.45. The number of amides is 1. The number of hydrogen-bond donors (Lipinski definition) is 1. The van der Waals surface area contributed by atoms with Crippen molar-refractivity contribution in [3.8, 4) is 0 Å². The second-order valence-corrected chi connectivity index (χ2v) is 8.43. The Morgan fingerprint density at radius 1 is 1.32 bits per heavy atom.